The van der Waals surface area contributed by atoms with Crippen molar-refractivity contribution in [2.24, 2.45) is 0 Å². The number of hydrogen-bond acceptors (Lipinski definition) is 4. The van der Waals surface area contributed by atoms with E-state index in [-0.39, 0.29) is 17.0 Å². The second kappa shape index (κ2) is 9.70. The van der Waals surface area contributed by atoms with Gasteiger partial charge in [0.25, 0.3) is 15.9 Å². The van der Waals surface area contributed by atoms with Gasteiger partial charge in [-0.2, -0.15) is 5.10 Å². The van der Waals surface area contributed by atoms with Gasteiger partial charge in [0.05, 0.1) is 29.0 Å². The Kier molecular flexibility index (Phi) is 6.55. The average molecular weight is 461 g/mol. The minimum atomic E-state index is -3.83. The lowest BCUT2D eigenvalue weighted by Crippen LogP contribution is -2.30. The predicted molar refractivity (Wildman–Crippen MR) is 129 cm³/mol. The highest BCUT2D eigenvalue weighted by atomic mass is 32.2. The van der Waals surface area contributed by atoms with Crippen LogP contribution in [-0.2, 0) is 16.6 Å². The van der Waals surface area contributed by atoms with E-state index in [1.165, 1.54) is 16.4 Å². The first-order valence-electron chi connectivity index (χ1n) is 10.5. The third kappa shape index (κ3) is 5.12. The molecule has 0 spiro atoms. The molecule has 0 fully saturated rings. The summed E-state index contributed by atoms with van der Waals surface area (Å²) in [6, 6.07) is 24.8. The summed E-state index contributed by atoms with van der Waals surface area (Å²) in [6.45, 7) is 2.62. The molecule has 0 aliphatic carbocycles. The van der Waals surface area contributed by atoms with E-state index in [0.29, 0.717) is 17.9 Å². The van der Waals surface area contributed by atoms with Crippen LogP contribution >= 0.6 is 0 Å². The van der Waals surface area contributed by atoms with Crippen LogP contribution in [-0.4, -0.2) is 30.7 Å². The summed E-state index contributed by atoms with van der Waals surface area (Å²) in [7, 11) is -3.83. The van der Waals surface area contributed by atoms with Crippen LogP contribution in [0.1, 0.15) is 22.8 Å². The number of aromatic nitrogens is 2. The van der Waals surface area contributed by atoms with E-state index in [1.54, 1.807) is 60.4 Å². The third-order valence-corrected chi connectivity index (χ3v) is 6.99. The molecule has 0 aliphatic heterocycles. The fourth-order valence-electron chi connectivity index (χ4n) is 3.50. The first-order chi connectivity index (χ1) is 16.0. The second-order valence-corrected chi connectivity index (χ2v) is 9.26. The Morgan fingerprint density at radius 1 is 0.970 bits per heavy atom. The summed E-state index contributed by atoms with van der Waals surface area (Å²) >= 11 is 0. The molecule has 0 saturated carbocycles. The number of hydrogen-bond donors (Lipinski definition) is 1. The molecule has 0 aliphatic rings. The molecule has 3 aromatic carbocycles. The summed E-state index contributed by atoms with van der Waals surface area (Å²) in [6.07, 6.45) is 3.30. The molecule has 0 atom stereocenters. The van der Waals surface area contributed by atoms with Gasteiger partial charge in [0.1, 0.15) is 0 Å². The Hall–Kier alpha value is -3.91. The van der Waals surface area contributed by atoms with E-state index in [1.807, 2.05) is 36.4 Å². The zero-order valence-electron chi connectivity index (χ0n) is 18.1. The van der Waals surface area contributed by atoms with Crippen molar-refractivity contribution in [1.29, 1.82) is 0 Å². The number of amides is 1. The quantitative estimate of drug-likeness (QED) is 0.422. The fourth-order valence-corrected chi connectivity index (χ4v) is 5.02. The van der Waals surface area contributed by atoms with Gasteiger partial charge >= 0.3 is 0 Å². The largest absolute Gasteiger partial charge is 0.319 e. The maximum atomic E-state index is 13.3. The predicted octanol–water partition coefficient (Wildman–Crippen LogP) is 4.40. The van der Waals surface area contributed by atoms with Crippen LogP contribution in [0.2, 0.25) is 0 Å². The van der Waals surface area contributed by atoms with Gasteiger partial charge in [0.15, 0.2) is 0 Å². The van der Waals surface area contributed by atoms with Crippen LogP contribution in [0.25, 0.3) is 0 Å². The number of nitrogens with zero attached hydrogens (tertiary/aromatic N) is 3. The lowest BCUT2D eigenvalue weighted by Gasteiger charge is -2.23. The van der Waals surface area contributed by atoms with Crippen molar-refractivity contribution >= 4 is 27.3 Å². The van der Waals surface area contributed by atoms with Crippen molar-refractivity contribution in [3.63, 3.8) is 0 Å². The number of carbonyl (C=O) groups is 1. The van der Waals surface area contributed by atoms with Gasteiger partial charge in [-0.1, -0.05) is 54.6 Å². The molecule has 1 heterocycles. The number of benzene rings is 3. The van der Waals surface area contributed by atoms with Gasteiger partial charge < -0.3 is 5.32 Å². The maximum absolute atomic E-state index is 13.3. The van der Waals surface area contributed by atoms with Crippen molar-refractivity contribution < 1.29 is 13.2 Å². The molecule has 0 saturated heterocycles. The van der Waals surface area contributed by atoms with Crippen molar-refractivity contribution in [1.82, 2.24) is 9.78 Å². The topological polar surface area (TPSA) is 84.3 Å². The number of nitrogens with one attached hydrogen (secondary N) is 1. The van der Waals surface area contributed by atoms with Crippen LogP contribution in [0.15, 0.2) is 102 Å². The van der Waals surface area contributed by atoms with Crippen LogP contribution in [0.4, 0.5) is 11.4 Å². The average Bonchev–Trinajstić information content (AvgIpc) is 3.27. The number of para-hydroxylation sites is 1. The molecule has 4 rings (SSSR count). The highest BCUT2D eigenvalue weighted by molar-refractivity contribution is 7.92. The Bertz CT molecular complexity index is 1340. The minimum absolute atomic E-state index is 0.0561. The van der Waals surface area contributed by atoms with Crippen molar-refractivity contribution in [2.75, 3.05) is 16.2 Å². The standard InChI is InChI=1S/C25H24N4O3S/c1-2-29(23-13-7-4-8-14-23)33(31,32)24-15-9-12-21(16-24)25(30)27-22-17-26-28(19-22)18-20-10-5-3-6-11-20/h3-17,19H,2,18H2,1H3,(H,27,30). The van der Waals surface area contributed by atoms with Gasteiger partial charge in [-0.3, -0.25) is 13.8 Å². The van der Waals surface area contributed by atoms with E-state index in [9.17, 15) is 13.2 Å². The van der Waals surface area contributed by atoms with Gasteiger partial charge in [0.2, 0.25) is 0 Å². The third-order valence-electron chi connectivity index (χ3n) is 5.09. The Labute approximate surface area is 193 Å². The molecule has 8 heteroatoms. The van der Waals surface area contributed by atoms with Gasteiger partial charge in [-0.05, 0) is 42.8 Å². The van der Waals surface area contributed by atoms with Gasteiger partial charge in [0, 0.05) is 18.3 Å². The fraction of sp³-hybridized carbons (Fsp3) is 0.120. The van der Waals surface area contributed by atoms with Crippen LogP contribution in [0, 0.1) is 0 Å². The SMILES string of the molecule is CCN(c1ccccc1)S(=O)(=O)c1cccc(C(=O)Nc2cnn(Cc3ccccc3)c2)c1. The molecule has 0 radical (unpaired) electrons. The van der Waals surface area contributed by atoms with Crippen molar-refractivity contribution in [2.45, 2.75) is 18.4 Å². The lowest BCUT2D eigenvalue weighted by molar-refractivity contribution is 0.102. The molecule has 0 bridgehead atoms. The molecule has 7 nitrogen and oxygen atoms in total. The molecule has 1 aromatic heterocycles. The molecular weight excluding hydrogens is 436 g/mol. The van der Waals surface area contributed by atoms with Gasteiger partial charge in [-0.25, -0.2) is 8.42 Å². The molecule has 4 aromatic rings. The number of anilines is 2. The highest BCUT2D eigenvalue weighted by Gasteiger charge is 2.24. The molecule has 1 amide bonds. The Morgan fingerprint density at radius 2 is 1.67 bits per heavy atom. The van der Waals surface area contributed by atoms with E-state index in [0.717, 1.165) is 5.56 Å². The van der Waals surface area contributed by atoms with Crippen LogP contribution < -0.4 is 9.62 Å². The van der Waals surface area contributed by atoms with E-state index < -0.39 is 15.9 Å². The lowest BCUT2D eigenvalue weighted by atomic mass is 10.2. The number of sulfonamides is 1. The van der Waals surface area contributed by atoms with Crippen LogP contribution in [0.5, 0.6) is 0 Å². The number of rotatable bonds is 8. The van der Waals surface area contributed by atoms with Crippen LogP contribution in [0.3, 0.4) is 0 Å². The zero-order valence-corrected chi connectivity index (χ0v) is 18.9. The first-order valence-corrected chi connectivity index (χ1v) is 12.0. The van der Waals surface area contributed by atoms with Gasteiger partial charge in [-0.15, -0.1) is 0 Å². The smallest absolute Gasteiger partial charge is 0.264 e. The molecule has 0 unspecified atom stereocenters. The first kappa shape index (κ1) is 22.3. The summed E-state index contributed by atoms with van der Waals surface area (Å²) in [5.74, 6) is -0.408. The summed E-state index contributed by atoms with van der Waals surface area (Å²) in [4.78, 5) is 12.9. The normalized spacial score (nSPS) is 11.2. The Morgan fingerprint density at radius 3 is 2.36 bits per heavy atom. The Balaban J connectivity index is 1.51. The monoisotopic (exact) mass is 460 g/mol. The van der Waals surface area contributed by atoms with Crippen molar-refractivity contribution in [3.05, 3.63) is 108 Å². The van der Waals surface area contributed by atoms with E-state index in [2.05, 4.69) is 10.4 Å². The van der Waals surface area contributed by atoms with E-state index in [4.69, 9.17) is 0 Å². The van der Waals surface area contributed by atoms with Crippen molar-refractivity contribution in [3.8, 4) is 0 Å². The molecule has 33 heavy (non-hydrogen) atoms. The summed E-state index contributed by atoms with van der Waals surface area (Å²) in [5, 5.41) is 7.07. The maximum Gasteiger partial charge on any atom is 0.264 e. The number of carbonyl (C=O) groups excluding carboxylic acids is 1. The second-order valence-electron chi connectivity index (χ2n) is 7.40. The molecule has 1 N–H and O–H groups in total. The zero-order chi connectivity index (χ0) is 23.3. The highest BCUT2D eigenvalue weighted by Crippen LogP contribution is 2.24. The molecule has 168 valence electrons. The minimum Gasteiger partial charge on any atom is -0.319 e. The molecular formula is C25H24N4O3S. The van der Waals surface area contributed by atoms with E-state index >= 15 is 0 Å². The summed E-state index contributed by atoms with van der Waals surface area (Å²) in [5.41, 5.74) is 2.44. The summed E-state index contributed by atoms with van der Waals surface area (Å²) < 4.78 is 29.6.